The van der Waals surface area contributed by atoms with Gasteiger partial charge >= 0.3 is 6.03 Å². The highest BCUT2D eigenvalue weighted by Crippen LogP contribution is 2.44. The lowest BCUT2D eigenvalue weighted by atomic mass is 10.1. The summed E-state index contributed by atoms with van der Waals surface area (Å²) in [5.74, 6) is 0.645. The van der Waals surface area contributed by atoms with E-state index in [1.165, 1.54) is 0 Å². The zero-order valence-electron chi connectivity index (χ0n) is 11.4. The van der Waals surface area contributed by atoms with E-state index in [0.717, 1.165) is 18.4 Å². The predicted octanol–water partition coefficient (Wildman–Crippen LogP) is 1.92. The molecule has 6 heteroatoms. The number of urea groups is 1. The summed E-state index contributed by atoms with van der Waals surface area (Å²) >= 11 is 5.88. The molecule has 0 atom stereocenters. The van der Waals surface area contributed by atoms with E-state index in [1.54, 1.807) is 19.2 Å². The van der Waals surface area contributed by atoms with Crippen LogP contribution in [0.15, 0.2) is 18.2 Å². The number of ether oxygens (including phenoxy) is 1. The maximum absolute atomic E-state index is 11.7. The average molecular weight is 299 g/mol. The fourth-order valence-corrected chi connectivity index (χ4v) is 2.10. The molecule has 0 aromatic heterocycles. The molecule has 1 aliphatic rings. The van der Waals surface area contributed by atoms with Gasteiger partial charge in [0.05, 0.1) is 13.7 Å². The van der Waals surface area contributed by atoms with Crippen molar-refractivity contribution >= 4 is 17.6 Å². The van der Waals surface area contributed by atoms with E-state index in [-0.39, 0.29) is 18.1 Å². The first-order valence-corrected chi connectivity index (χ1v) is 6.91. The maximum atomic E-state index is 11.7. The van der Waals surface area contributed by atoms with Crippen LogP contribution in [0.1, 0.15) is 18.4 Å². The van der Waals surface area contributed by atoms with Gasteiger partial charge in [-0.25, -0.2) is 4.79 Å². The number of methoxy groups -OCH3 is 1. The standard InChI is InChI=1S/C14H19ClN2O3/c1-20-12-6-11(15)3-2-10(12)7-16-13(19)17-8-14(9-18)4-5-14/h2-3,6,18H,4-5,7-9H2,1H3,(H2,16,17,19). The molecule has 0 aliphatic heterocycles. The van der Waals surface area contributed by atoms with Crippen molar-refractivity contribution < 1.29 is 14.6 Å². The number of carbonyl (C=O) groups is 1. The van der Waals surface area contributed by atoms with Crippen molar-refractivity contribution in [3.8, 4) is 5.75 Å². The first kappa shape index (κ1) is 14.9. The molecule has 0 unspecified atom stereocenters. The van der Waals surface area contributed by atoms with Crippen molar-refractivity contribution in [2.75, 3.05) is 20.3 Å². The largest absolute Gasteiger partial charge is 0.496 e. The molecule has 0 spiro atoms. The zero-order chi connectivity index (χ0) is 14.6. The summed E-state index contributed by atoms with van der Waals surface area (Å²) in [6.45, 7) is 0.990. The Labute approximate surface area is 123 Å². The van der Waals surface area contributed by atoms with E-state index in [1.807, 2.05) is 6.07 Å². The fraction of sp³-hybridized carbons (Fsp3) is 0.500. The van der Waals surface area contributed by atoms with Gasteiger partial charge in [-0.2, -0.15) is 0 Å². The van der Waals surface area contributed by atoms with Crippen molar-refractivity contribution in [3.63, 3.8) is 0 Å². The van der Waals surface area contributed by atoms with E-state index in [9.17, 15) is 9.90 Å². The Kier molecular flexibility index (Phi) is 4.73. The number of amides is 2. The van der Waals surface area contributed by atoms with Crippen molar-refractivity contribution in [2.45, 2.75) is 19.4 Å². The van der Waals surface area contributed by atoms with Gasteiger partial charge in [0.1, 0.15) is 5.75 Å². The molecule has 1 aromatic rings. The lowest BCUT2D eigenvalue weighted by Gasteiger charge is -2.14. The molecule has 110 valence electrons. The van der Waals surface area contributed by atoms with Crippen LogP contribution in [0.5, 0.6) is 5.75 Å². The van der Waals surface area contributed by atoms with Crippen LogP contribution in [0.2, 0.25) is 5.02 Å². The minimum absolute atomic E-state index is 0.0880. The second kappa shape index (κ2) is 6.33. The minimum Gasteiger partial charge on any atom is -0.496 e. The van der Waals surface area contributed by atoms with Gasteiger partial charge in [0.25, 0.3) is 0 Å². The van der Waals surface area contributed by atoms with E-state index in [0.29, 0.717) is 23.9 Å². The third kappa shape index (κ3) is 3.77. The second-order valence-corrected chi connectivity index (χ2v) is 5.59. The molecule has 0 heterocycles. The van der Waals surface area contributed by atoms with Crippen molar-refractivity contribution in [3.05, 3.63) is 28.8 Å². The molecule has 1 fully saturated rings. The molecular formula is C14H19ClN2O3. The quantitative estimate of drug-likeness (QED) is 0.751. The van der Waals surface area contributed by atoms with Gasteiger partial charge < -0.3 is 20.5 Å². The SMILES string of the molecule is COc1cc(Cl)ccc1CNC(=O)NCC1(CO)CC1. The van der Waals surface area contributed by atoms with E-state index in [2.05, 4.69) is 10.6 Å². The summed E-state index contributed by atoms with van der Waals surface area (Å²) in [5.41, 5.74) is 0.769. The number of rotatable bonds is 6. The first-order chi connectivity index (χ1) is 9.58. The highest BCUT2D eigenvalue weighted by atomic mass is 35.5. The van der Waals surface area contributed by atoms with Crippen molar-refractivity contribution in [1.82, 2.24) is 10.6 Å². The van der Waals surface area contributed by atoms with Crippen LogP contribution < -0.4 is 15.4 Å². The zero-order valence-corrected chi connectivity index (χ0v) is 12.2. The summed E-state index contributed by atoms with van der Waals surface area (Å²) in [5, 5.41) is 15.3. The Morgan fingerprint density at radius 3 is 2.80 bits per heavy atom. The van der Waals surface area contributed by atoms with Gasteiger partial charge in [-0.1, -0.05) is 17.7 Å². The topological polar surface area (TPSA) is 70.6 Å². The highest BCUT2D eigenvalue weighted by molar-refractivity contribution is 6.30. The van der Waals surface area contributed by atoms with Crippen molar-refractivity contribution in [1.29, 1.82) is 0 Å². The van der Waals surface area contributed by atoms with Crippen LogP contribution in [0.3, 0.4) is 0 Å². The normalized spacial score (nSPS) is 15.6. The maximum Gasteiger partial charge on any atom is 0.315 e. The van der Waals surface area contributed by atoms with E-state index in [4.69, 9.17) is 16.3 Å². The Morgan fingerprint density at radius 1 is 1.45 bits per heavy atom. The van der Waals surface area contributed by atoms with Crippen LogP contribution in [0, 0.1) is 5.41 Å². The number of aliphatic hydroxyl groups excluding tert-OH is 1. The van der Waals surface area contributed by atoms with E-state index >= 15 is 0 Å². The number of nitrogens with one attached hydrogen (secondary N) is 2. The number of halogens is 1. The number of benzene rings is 1. The summed E-state index contributed by atoms with van der Waals surface area (Å²) in [7, 11) is 1.56. The molecule has 1 aliphatic carbocycles. The molecule has 2 rings (SSSR count). The van der Waals surface area contributed by atoms with Crippen LogP contribution in [-0.2, 0) is 6.54 Å². The molecular weight excluding hydrogens is 280 g/mol. The Morgan fingerprint density at radius 2 is 2.20 bits per heavy atom. The number of hydrogen-bond acceptors (Lipinski definition) is 3. The number of carbonyl (C=O) groups excluding carboxylic acids is 1. The number of aliphatic hydroxyl groups is 1. The van der Waals surface area contributed by atoms with Gasteiger partial charge in [-0.05, 0) is 25.0 Å². The Balaban J connectivity index is 1.81. The molecule has 3 N–H and O–H groups in total. The lowest BCUT2D eigenvalue weighted by Crippen LogP contribution is -2.39. The first-order valence-electron chi connectivity index (χ1n) is 6.53. The third-order valence-corrected chi connectivity index (χ3v) is 3.84. The molecule has 1 aromatic carbocycles. The smallest absolute Gasteiger partial charge is 0.315 e. The molecule has 5 nitrogen and oxygen atoms in total. The summed E-state index contributed by atoms with van der Waals surface area (Å²) < 4.78 is 5.21. The predicted molar refractivity (Wildman–Crippen MR) is 77.0 cm³/mol. The second-order valence-electron chi connectivity index (χ2n) is 5.15. The Hall–Kier alpha value is -1.46. The van der Waals surface area contributed by atoms with Crippen LogP contribution in [0.25, 0.3) is 0 Å². The minimum atomic E-state index is -0.248. The average Bonchev–Trinajstić information content (AvgIpc) is 3.24. The lowest BCUT2D eigenvalue weighted by molar-refractivity contribution is 0.203. The van der Waals surface area contributed by atoms with Gasteiger partial charge in [0.15, 0.2) is 0 Å². The molecule has 1 saturated carbocycles. The summed E-state index contributed by atoms with van der Waals surface area (Å²) in [6.07, 6.45) is 1.93. The molecule has 0 saturated heterocycles. The molecule has 0 bridgehead atoms. The van der Waals surface area contributed by atoms with Crippen LogP contribution in [0.4, 0.5) is 4.79 Å². The number of hydrogen-bond donors (Lipinski definition) is 3. The van der Waals surface area contributed by atoms with Gasteiger partial charge in [0, 0.05) is 29.1 Å². The Bertz CT molecular complexity index is 489. The van der Waals surface area contributed by atoms with E-state index < -0.39 is 0 Å². The van der Waals surface area contributed by atoms with Crippen LogP contribution >= 0.6 is 11.6 Å². The van der Waals surface area contributed by atoms with Gasteiger partial charge in [0.2, 0.25) is 0 Å². The molecule has 2 amide bonds. The van der Waals surface area contributed by atoms with Crippen LogP contribution in [-0.4, -0.2) is 31.4 Å². The monoisotopic (exact) mass is 298 g/mol. The van der Waals surface area contributed by atoms with Gasteiger partial charge in [-0.3, -0.25) is 0 Å². The summed E-state index contributed by atoms with van der Waals surface area (Å²) in [6, 6.07) is 5.03. The third-order valence-electron chi connectivity index (χ3n) is 3.60. The highest BCUT2D eigenvalue weighted by Gasteiger charge is 2.42. The fourth-order valence-electron chi connectivity index (χ4n) is 1.94. The van der Waals surface area contributed by atoms with Crippen molar-refractivity contribution in [2.24, 2.45) is 5.41 Å². The summed E-state index contributed by atoms with van der Waals surface area (Å²) in [4.78, 5) is 11.7. The molecule has 20 heavy (non-hydrogen) atoms. The molecule has 0 radical (unpaired) electrons. The van der Waals surface area contributed by atoms with Gasteiger partial charge in [-0.15, -0.1) is 0 Å².